The molecule has 0 saturated carbocycles. The van der Waals surface area contributed by atoms with Crippen molar-refractivity contribution in [2.45, 2.75) is 20.0 Å². The summed E-state index contributed by atoms with van der Waals surface area (Å²) in [4.78, 5) is 27.7. The standard InChI is InChI=1S/C11H11NO4S/c1-2-16-11(15)7-3-8-9(10(14)12-7)6(4-13)5-17-8/h5,13H,2-4H2,1H3. The molecule has 1 aromatic rings. The quantitative estimate of drug-likeness (QED) is 0.813. The van der Waals surface area contributed by atoms with Crippen LogP contribution in [0.5, 0.6) is 0 Å². The summed E-state index contributed by atoms with van der Waals surface area (Å²) in [5.74, 6) is -1.02. The molecular weight excluding hydrogens is 242 g/mol. The maximum Gasteiger partial charge on any atom is 0.353 e. The molecule has 6 heteroatoms. The SMILES string of the molecule is CCOC(=O)C1=NC(=O)c2c(CO)csc2C1. The van der Waals surface area contributed by atoms with Crippen molar-refractivity contribution in [3.05, 3.63) is 21.4 Å². The zero-order valence-corrected chi connectivity index (χ0v) is 10.0. The van der Waals surface area contributed by atoms with Gasteiger partial charge >= 0.3 is 5.97 Å². The van der Waals surface area contributed by atoms with E-state index in [2.05, 4.69) is 4.99 Å². The van der Waals surface area contributed by atoms with Crippen LogP contribution in [0.1, 0.15) is 27.7 Å². The molecule has 2 rings (SSSR count). The Bertz CT molecular complexity index is 504. The van der Waals surface area contributed by atoms with Gasteiger partial charge in [-0.15, -0.1) is 11.3 Å². The number of carbonyl (C=O) groups is 2. The molecule has 0 unspecified atom stereocenters. The number of thiophene rings is 1. The maximum absolute atomic E-state index is 11.7. The number of amides is 1. The molecule has 0 spiro atoms. The van der Waals surface area contributed by atoms with E-state index in [9.17, 15) is 9.59 Å². The number of hydrogen-bond acceptors (Lipinski definition) is 5. The van der Waals surface area contributed by atoms with Gasteiger partial charge in [-0.25, -0.2) is 9.79 Å². The van der Waals surface area contributed by atoms with Crippen molar-refractivity contribution < 1.29 is 19.4 Å². The smallest absolute Gasteiger partial charge is 0.353 e. The first-order valence-corrected chi connectivity index (χ1v) is 6.04. The van der Waals surface area contributed by atoms with Gasteiger partial charge in [0.2, 0.25) is 0 Å². The number of fused-ring (bicyclic) bond motifs is 1. The van der Waals surface area contributed by atoms with Gasteiger partial charge in [0, 0.05) is 16.9 Å². The normalized spacial score (nSPS) is 14.2. The van der Waals surface area contributed by atoms with Crippen LogP contribution < -0.4 is 0 Å². The third kappa shape index (κ3) is 2.13. The second kappa shape index (κ2) is 4.77. The molecule has 0 saturated heterocycles. The Balaban J connectivity index is 2.30. The summed E-state index contributed by atoms with van der Waals surface area (Å²) in [6, 6.07) is 0. The number of rotatable bonds is 3. The summed E-state index contributed by atoms with van der Waals surface area (Å²) in [7, 11) is 0. The van der Waals surface area contributed by atoms with E-state index in [0.29, 0.717) is 17.5 Å². The lowest BCUT2D eigenvalue weighted by molar-refractivity contribution is -0.135. The van der Waals surface area contributed by atoms with Gasteiger partial charge in [-0.1, -0.05) is 0 Å². The minimum absolute atomic E-state index is 0.135. The average molecular weight is 253 g/mol. The summed E-state index contributed by atoms with van der Waals surface area (Å²) >= 11 is 1.35. The van der Waals surface area contributed by atoms with Crippen LogP contribution >= 0.6 is 11.3 Å². The van der Waals surface area contributed by atoms with Gasteiger partial charge in [0.1, 0.15) is 5.71 Å². The van der Waals surface area contributed by atoms with Crippen LogP contribution in [0, 0.1) is 0 Å². The van der Waals surface area contributed by atoms with Gasteiger partial charge in [0.15, 0.2) is 0 Å². The maximum atomic E-state index is 11.7. The van der Waals surface area contributed by atoms with Gasteiger partial charge < -0.3 is 9.84 Å². The Morgan fingerprint density at radius 1 is 1.65 bits per heavy atom. The first-order chi connectivity index (χ1) is 8.17. The van der Waals surface area contributed by atoms with Gasteiger partial charge in [0.25, 0.3) is 5.91 Å². The zero-order valence-electron chi connectivity index (χ0n) is 9.23. The molecule has 0 atom stereocenters. The van der Waals surface area contributed by atoms with Crippen molar-refractivity contribution in [1.29, 1.82) is 0 Å². The molecule has 0 aromatic carbocycles. The van der Waals surface area contributed by atoms with Crippen LogP contribution in [0.3, 0.4) is 0 Å². The summed E-state index contributed by atoms with van der Waals surface area (Å²) in [6.07, 6.45) is 0.296. The largest absolute Gasteiger partial charge is 0.461 e. The molecule has 1 N–H and O–H groups in total. The van der Waals surface area contributed by atoms with Crippen LogP contribution in [0.4, 0.5) is 0 Å². The lowest BCUT2D eigenvalue weighted by atomic mass is 10.0. The lowest BCUT2D eigenvalue weighted by Crippen LogP contribution is -2.25. The van der Waals surface area contributed by atoms with E-state index in [0.717, 1.165) is 4.88 Å². The molecule has 2 heterocycles. The number of esters is 1. The summed E-state index contributed by atoms with van der Waals surface area (Å²) in [6.45, 7) is 1.76. The van der Waals surface area contributed by atoms with E-state index >= 15 is 0 Å². The minimum atomic E-state index is -0.551. The highest BCUT2D eigenvalue weighted by molar-refractivity contribution is 7.10. The molecule has 0 fully saturated rings. The Labute approximate surface area is 102 Å². The van der Waals surface area contributed by atoms with Gasteiger partial charge in [0.05, 0.1) is 18.8 Å². The fourth-order valence-corrected chi connectivity index (χ4v) is 2.68. The monoisotopic (exact) mass is 253 g/mol. The number of ether oxygens (including phenoxy) is 1. The second-order valence-electron chi connectivity index (χ2n) is 3.48. The third-order valence-electron chi connectivity index (χ3n) is 2.40. The van der Waals surface area contributed by atoms with Crippen LogP contribution in [-0.4, -0.2) is 29.3 Å². The number of aliphatic hydroxyl groups is 1. The third-order valence-corrected chi connectivity index (χ3v) is 3.44. The number of carbonyl (C=O) groups excluding carboxylic acids is 2. The fourth-order valence-electron chi connectivity index (χ4n) is 1.64. The second-order valence-corrected chi connectivity index (χ2v) is 4.44. The highest BCUT2D eigenvalue weighted by Gasteiger charge is 2.27. The van der Waals surface area contributed by atoms with Gasteiger partial charge in [-0.3, -0.25) is 4.79 Å². The predicted octanol–water partition coefficient (Wildman–Crippen LogP) is 0.941. The highest BCUT2D eigenvalue weighted by atomic mass is 32.1. The van der Waals surface area contributed by atoms with Crippen LogP contribution in [0.15, 0.2) is 10.4 Å². The van der Waals surface area contributed by atoms with Crippen molar-refractivity contribution in [3.8, 4) is 0 Å². The number of hydrogen-bond donors (Lipinski definition) is 1. The Hall–Kier alpha value is -1.53. The molecule has 1 amide bonds. The number of aliphatic hydroxyl groups excluding tert-OH is 1. The first kappa shape index (κ1) is 11.9. The van der Waals surface area contributed by atoms with E-state index in [4.69, 9.17) is 9.84 Å². The highest BCUT2D eigenvalue weighted by Crippen LogP contribution is 2.27. The Morgan fingerprint density at radius 3 is 3.06 bits per heavy atom. The summed E-state index contributed by atoms with van der Waals surface area (Å²) in [5, 5.41) is 10.8. The van der Waals surface area contributed by atoms with E-state index in [-0.39, 0.29) is 18.9 Å². The van der Waals surface area contributed by atoms with E-state index in [1.54, 1.807) is 12.3 Å². The number of aliphatic imine (C=N–C) groups is 1. The first-order valence-electron chi connectivity index (χ1n) is 5.16. The molecule has 1 aromatic heterocycles. The summed E-state index contributed by atoms with van der Waals surface area (Å²) < 4.78 is 4.81. The van der Waals surface area contributed by atoms with Crippen LogP contribution in [0.25, 0.3) is 0 Å². The van der Waals surface area contributed by atoms with Crippen molar-refractivity contribution in [2.24, 2.45) is 4.99 Å². The molecule has 90 valence electrons. The van der Waals surface area contributed by atoms with Crippen LogP contribution in [0.2, 0.25) is 0 Å². The molecule has 1 aliphatic rings. The number of nitrogens with zero attached hydrogens (tertiary/aromatic N) is 1. The van der Waals surface area contributed by atoms with Crippen molar-refractivity contribution in [3.63, 3.8) is 0 Å². The lowest BCUT2D eigenvalue weighted by Gasteiger charge is -2.11. The minimum Gasteiger partial charge on any atom is -0.461 e. The zero-order chi connectivity index (χ0) is 12.4. The van der Waals surface area contributed by atoms with Crippen molar-refractivity contribution in [2.75, 3.05) is 6.61 Å². The Morgan fingerprint density at radius 2 is 2.41 bits per heavy atom. The van der Waals surface area contributed by atoms with E-state index < -0.39 is 11.9 Å². The van der Waals surface area contributed by atoms with Crippen LogP contribution in [-0.2, 0) is 22.6 Å². The molecular formula is C11H11NO4S. The fraction of sp³-hybridized carbons (Fsp3) is 0.364. The van der Waals surface area contributed by atoms with Crippen molar-refractivity contribution in [1.82, 2.24) is 0 Å². The molecule has 0 bridgehead atoms. The predicted molar refractivity (Wildman–Crippen MR) is 62.3 cm³/mol. The van der Waals surface area contributed by atoms with Crippen molar-refractivity contribution >= 4 is 28.9 Å². The molecule has 0 radical (unpaired) electrons. The topological polar surface area (TPSA) is 76.0 Å². The molecule has 5 nitrogen and oxygen atoms in total. The molecule has 0 aliphatic carbocycles. The molecule has 1 aliphatic heterocycles. The molecule has 17 heavy (non-hydrogen) atoms. The van der Waals surface area contributed by atoms with E-state index in [1.807, 2.05) is 0 Å². The average Bonchev–Trinajstić information content (AvgIpc) is 2.72. The summed E-state index contributed by atoms with van der Waals surface area (Å²) in [5.41, 5.74) is 1.14. The van der Waals surface area contributed by atoms with Gasteiger partial charge in [-0.05, 0) is 12.3 Å². The Kier molecular flexibility index (Phi) is 3.35. The van der Waals surface area contributed by atoms with E-state index in [1.165, 1.54) is 11.3 Å². The van der Waals surface area contributed by atoms with Gasteiger partial charge in [-0.2, -0.15) is 0 Å².